The molecule has 0 aromatic carbocycles. The molecule has 1 atom stereocenters. The summed E-state index contributed by atoms with van der Waals surface area (Å²) < 4.78 is 1.51. The van der Waals surface area contributed by atoms with Gasteiger partial charge in [-0.15, -0.1) is 11.3 Å². The molecule has 0 saturated carbocycles. The summed E-state index contributed by atoms with van der Waals surface area (Å²) in [7, 11) is 0. The SMILES string of the molecule is CC(C)(C)c1ccc(=O)n(CC2CCCN2C(=O)Nc2nc3c(s2)CCCC3)n1. The minimum Gasteiger partial charge on any atom is -0.320 e. The van der Waals surface area contributed by atoms with Crippen LogP contribution in [0.4, 0.5) is 9.93 Å². The second-order valence-corrected chi connectivity index (χ2v) is 10.1. The lowest BCUT2D eigenvalue weighted by Crippen LogP contribution is -2.43. The molecule has 1 fully saturated rings. The number of hydrogen-bond acceptors (Lipinski definition) is 5. The van der Waals surface area contributed by atoms with Crippen molar-refractivity contribution in [1.82, 2.24) is 19.7 Å². The van der Waals surface area contributed by atoms with Gasteiger partial charge in [-0.2, -0.15) is 5.10 Å². The molecule has 3 heterocycles. The van der Waals surface area contributed by atoms with Crippen molar-refractivity contribution in [2.45, 2.75) is 77.3 Å². The smallest absolute Gasteiger partial charge is 0.320 e. The number of anilines is 1. The Bertz CT molecular complexity index is 935. The van der Waals surface area contributed by atoms with Crippen LogP contribution in [0.25, 0.3) is 0 Å². The molecular weight excluding hydrogens is 386 g/mol. The summed E-state index contributed by atoms with van der Waals surface area (Å²) in [4.78, 5) is 33.0. The molecule has 8 heteroatoms. The normalized spacial score (nSPS) is 19.3. The molecule has 1 saturated heterocycles. The van der Waals surface area contributed by atoms with Crippen molar-refractivity contribution in [3.63, 3.8) is 0 Å². The van der Waals surface area contributed by atoms with Gasteiger partial charge in [0.15, 0.2) is 5.13 Å². The first-order valence-corrected chi connectivity index (χ1v) is 11.3. The Kier molecular flexibility index (Phi) is 5.46. The lowest BCUT2D eigenvalue weighted by atomic mass is 9.92. The fraction of sp³-hybridized carbons (Fsp3) is 0.619. The predicted molar refractivity (Wildman–Crippen MR) is 115 cm³/mol. The second kappa shape index (κ2) is 7.89. The van der Waals surface area contributed by atoms with Gasteiger partial charge in [0.2, 0.25) is 0 Å². The van der Waals surface area contributed by atoms with E-state index in [1.807, 2.05) is 4.90 Å². The van der Waals surface area contributed by atoms with E-state index in [2.05, 4.69) is 36.2 Å². The molecule has 4 rings (SSSR count). The fourth-order valence-corrected chi connectivity index (χ4v) is 5.08. The van der Waals surface area contributed by atoms with Crippen molar-refractivity contribution in [2.24, 2.45) is 0 Å². The Morgan fingerprint density at radius 2 is 2.03 bits per heavy atom. The van der Waals surface area contributed by atoms with Crippen LogP contribution >= 0.6 is 11.3 Å². The zero-order valence-corrected chi connectivity index (χ0v) is 18.2. The maximum atomic E-state index is 12.9. The number of urea groups is 1. The van der Waals surface area contributed by atoms with Crippen LogP contribution in [-0.2, 0) is 24.8 Å². The molecule has 2 aliphatic rings. The first kappa shape index (κ1) is 20.1. The van der Waals surface area contributed by atoms with Gasteiger partial charge in [0.05, 0.1) is 24.0 Å². The van der Waals surface area contributed by atoms with E-state index in [9.17, 15) is 9.59 Å². The summed E-state index contributed by atoms with van der Waals surface area (Å²) in [6.07, 6.45) is 6.25. The fourth-order valence-electron chi connectivity index (χ4n) is 4.04. The summed E-state index contributed by atoms with van der Waals surface area (Å²) in [6.45, 7) is 7.34. The highest BCUT2D eigenvalue weighted by Gasteiger charge is 2.31. The molecule has 1 N–H and O–H groups in total. The van der Waals surface area contributed by atoms with E-state index in [-0.39, 0.29) is 23.0 Å². The lowest BCUT2D eigenvalue weighted by molar-refractivity contribution is 0.198. The zero-order chi connectivity index (χ0) is 20.6. The third-order valence-corrected chi connectivity index (χ3v) is 6.79. The summed E-state index contributed by atoms with van der Waals surface area (Å²) in [5.41, 5.74) is 1.76. The first-order chi connectivity index (χ1) is 13.8. The number of fused-ring (bicyclic) bond motifs is 1. The van der Waals surface area contributed by atoms with E-state index in [0.717, 1.165) is 37.1 Å². The highest BCUT2D eigenvalue weighted by Crippen LogP contribution is 2.30. The molecule has 2 aromatic heterocycles. The van der Waals surface area contributed by atoms with E-state index in [0.29, 0.717) is 18.2 Å². The number of carbonyl (C=O) groups is 1. The summed E-state index contributed by atoms with van der Waals surface area (Å²) >= 11 is 1.60. The Hall–Kier alpha value is -2.22. The number of thiazole rings is 1. The van der Waals surface area contributed by atoms with Gasteiger partial charge in [0.1, 0.15) is 0 Å². The number of nitrogens with one attached hydrogen (secondary N) is 1. The number of likely N-dealkylation sites (tertiary alicyclic amines) is 1. The van der Waals surface area contributed by atoms with Crippen LogP contribution in [0.3, 0.4) is 0 Å². The number of aryl methyl sites for hydroxylation is 2. The van der Waals surface area contributed by atoms with Gasteiger partial charge in [-0.05, 0) is 44.6 Å². The van der Waals surface area contributed by atoms with Crippen LogP contribution in [-0.4, -0.2) is 38.3 Å². The molecular formula is C21H29N5O2S. The molecule has 0 bridgehead atoms. The monoisotopic (exact) mass is 415 g/mol. The molecule has 0 radical (unpaired) electrons. The number of nitrogens with zero attached hydrogens (tertiary/aromatic N) is 4. The predicted octanol–water partition coefficient (Wildman–Crippen LogP) is 3.57. The van der Waals surface area contributed by atoms with Gasteiger partial charge in [0.25, 0.3) is 5.56 Å². The third kappa shape index (κ3) is 4.37. The minimum atomic E-state index is -0.133. The quantitative estimate of drug-likeness (QED) is 0.831. The average Bonchev–Trinajstić information content (AvgIpc) is 3.28. The second-order valence-electron chi connectivity index (χ2n) is 9.00. The van der Waals surface area contributed by atoms with Crippen molar-refractivity contribution in [3.05, 3.63) is 38.8 Å². The van der Waals surface area contributed by atoms with E-state index >= 15 is 0 Å². The van der Waals surface area contributed by atoms with Crippen LogP contribution in [0.2, 0.25) is 0 Å². The maximum Gasteiger partial charge on any atom is 0.323 e. The number of aromatic nitrogens is 3. The molecule has 156 valence electrons. The number of carbonyl (C=O) groups excluding carboxylic acids is 1. The largest absolute Gasteiger partial charge is 0.323 e. The Morgan fingerprint density at radius 3 is 2.79 bits per heavy atom. The van der Waals surface area contributed by atoms with E-state index < -0.39 is 0 Å². The van der Waals surface area contributed by atoms with Crippen molar-refractivity contribution < 1.29 is 4.79 Å². The standard InChI is InChI=1S/C21H29N5O2S/c1-21(2,3)17-10-11-18(27)26(24-17)13-14-7-6-12-25(14)20(28)23-19-22-15-8-4-5-9-16(15)29-19/h10-11,14H,4-9,12-13H2,1-3H3,(H,22,23,28). The Labute approximate surface area is 175 Å². The Balaban J connectivity index is 1.47. The van der Waals surface area contributed by atoms with Gasteiger partial charge in [-0.1, -0.05) is 20.8 Å². The van der Waals surface area contributed by atoms with E-state index in [1.165, 1.54) is 22.4 Å². The van der Waals surface area contributed by atoms with Crippen LogP contribution in [0.1, 0.15) is 62.7 Å². The van der Waals surface area contributed by atoms with Gasteiger partial charge in [0, 0.05) is 22.9 Å². The Morgan fingerprint density at radius 1 is 1.24 bits per heavy atom. The average molecular weight is 416 g/mol. The minimum absolute atomic E-state index is 0.0370. The van der Waals surface area contributed by atoms with Crippen LogP contribution in [0.15, 0.2) is 16.9 Å². The van der Waals surface area contributed by atoms with Crippen LogP contribution in [0, 0.1) is 0 Å². The zero-order valence-electron chi connectivity index (χ0n) is 17.4. The molecule has 1 unspecified atom stereocenters. The molecule has 7 nitrogen and oxygen atoms in total. The van der Waals surface area contributed by atoms with Crippen molar-refractivity contribution in [1.29, 1.82) is 0 Å². The van der Waals surface area contributed by atoms with Crippen LogP contribution in [0.5, 0.6) is 0 Å². The first-order valence-electron chi connectivity index (χ1n) is 10.5. The van der Waals surface area contributed by atoms with E-state index in [4.69, 9.17) is 0 Å². The highest BCUT2D eigenvalue weighted by atomic mass is 32.1. The molecule has 2 aromatic rings. The molecule has 29 heavy (non-hydrogen) atoms. The van der Waals surface area contributed by atoms with Gasteiger partial charge >= 0.3 is 6.03 Å². The van der Waals surface area contributed by atoms with E-state index in [1.54, 1.807) is 23.5 Å². The van der Waals surface area contributed by atoms with Gasteiger partial charge in [-0.3, -0.25) is 10.1 Å². The summed E-state index contributed by atoms with van der Waals surface area (Å²) in [5.74, 6) is 0. The van der Waals surface area contributed by atoms with Crippen molar-refractivity contribution in [2.75, 3.05) is 11.9 Å². The number of amides is 2. The maximum absolute atomic E-state index is 12.9. The molecule has 0 spiro atoms. The number of hydrogen-bond donors (Lipinski definition) is 1. The summed E-state index contributed by atoms with van der Waals surface area (Å²) in [6, 6.07) is 3.21. The molecule has 1 aliphatic heterocycles. The van der Waals surface area contributed by atoms with Gasteiger partial charge < -0.3 is 4.90 Å². The molecule has 2 amide bonds. The molecule has 1 aliphatic carbocycles. The number of rotatable bonds is 3. The highest BCUT2D eigenvalue weighted by molar-refractivity contribution is 7.15. The van der Waals surface area contributed by atoms with Crippen molar-refractivity contribution >= 4 is 22.5 Å². The van der Waals surface area contributed by atoms with Crippen LogP contribution < -0.4 is 10.9 Å². The van der Waals surface area contributed by atoms with Crippen molar-refractivity contribution in [3.8, 4) is 0 Å². The lowest BCUT2D eigenvalue weighted by Gasteiger charge is -2.25. The van der Waals surface area contributed by atoms with Gasteiger partial charge in [-0.25, -0.2) is 14.5 Å². The summed E-state index contributed by atoms with van der Waals surface area (Å²) in [5, 5.41) is 8.25. The topological polar surface area (TPSA) is 80.1 Å². The third-order valence-electron chi connectivity index (χ3n) is 5.72.